The number of aryl methyl sites for hydroxylation is 1. The summed E-state index contributed by atoms with van der Waals surface area (Å²) in [6, 6.07) is 5.25. The number of nitrogens with one attached hydrogen (secondary N) is 2. The molecule has 0 saturated heterocycles. The Balaban J connectivity index is 2.14. The number of hydrogen-bond donors (Lipinski definition) is 3. The van der Waals surface area contributed by atoms with Gasteiger partial charge in [0.05, 0.1) is 26.0 Å². The van der Waals surface area contributed by atoms with Gasteiger partial charge in [0.15, 0.2) is 0 Å². The van der Waals surface area contributed by atoms with E-state index in [9.17, 15) is 14.4 Å². The third-order valence-electron chi connectivity index (χ3n) is 3.97. The van der Waals surface area contributed by atoms with Crippen LogP contribution >= 0.6 is 0 Å². The van der Waals surface area contributed by atoms with Crippen molar-refractivity contribution in [2.75, 3.05) is 19.0 Å². The van der Waals surface area contributed by atoms with Gasteiger partial charge in [0.1, 0.15) is 0 Å². The Hall–Kier alpha value is -2.57. The number of hydrogen-bond acceptors (Lipinski definition) is 5. The van der Waals surface area contributed by atoms with Crippen molar-refractivity contribution < 1.29 is 24.2 Å². The molecule has 2 rings (SSSR count). The van der Waals surface area contributed by atoms with Crippen LogP contribution in [0.5, 0.6) is 0 Å². The molecule has 0 aromatic heterocycles. The van der Waals surface area contributed by atoms with Gasteiger partial charge in [0, 0.05) is 18.7 Å². The summed E-state index contributed by atoms with van der Waals surface area (Å²) in [6.07, 6.45) is 1.60. The van der Waals surface area contributed by atoms with E-state index in [-0.39, 0.29) is 19.3 Å². The second-order valence-electron chi connectivity index (χ2n) is 5.74. The number of carbonyl (C=O) groups is 3. The number of rotatable bonds is 7. The summed E-state index contributed by atoms with van der Waals surface area (Å²) < 4.78 is 4.70. The number of fused-ring (bicyclic) bond motifs is 1. The highest BCUT2D eigenvalue weighted by atomic mass is 16.5. The van der Waals surface area contributed by atoms with Crippen LogP contribution in [-0.2, 0) is 25.5 Å². The lowest BCUT2D eigenvalue weighted by atomic mass is 9.96. The number of carboxylic acid groups (broad SMARTS) is 1. The average molecular weight is 334 g/mol. The first-order chi connectivity index (χ1) is 11.5. The minimum Gasteiger partial charge on any atom is -0.481 e. The number of ether oxygens (including phenoxy) is 1. The molecular formula is C17H22N2O5. The van der Waals surface area contributed by atoms with Crippen LogP contribution < -0.4 is 10.6 Å². The molecule has 1 heterocycles. The predicted octanol–water partition coefficient (Wildman–Crippen LogP) is 1.63. The maximum absolute atomic E-state index is 12.0. The van der Waals surface area contributed by atoms with Crippen molar-refractivity contribution in [2.45, 2.75) is 38.1 Å². The van der Waals surface area contributed by atoms with Crippen LogP contribution in [0.2, 0.25) is 0 Å². The van der Waals surface area contributed by atoms with Crippen molar-refractivity contribution in [1.29, 1.82) is 0 Å². The minimum atomic E-state index is -1.03. The average Bonchev–Trinajstić information content (AvgIpc) is 2.58. The van der Waals surface area contributed by atoms with Crippen molar-refractivity contribution in [3.63, 3.8) is 0 Å². The fraction of sp³-hybridized carbons (Fsp3) is 0.471. The Bertz CT molecular complexity index is 629. The Morgan fingerprint density at radius 3 is 2.83 bits per heavy atom. The molecule has 0 spiro atoms. The van der Waals surface area contributed by atoms with E-state index in [0.717, 1.165) is 36.2 Å². The van der Waals surface area contributed by atoms with Gasteiger partial charge in [-0.05, 0) is 30.0 Å². The van der Waals surface area contributed by atoms with Crippen molar-refractivity contribution in [2.24, 2.45) is 0 Å². The third kappa shape index (κ3) is 4.97. The van der Waals surface area contributed by atoms with E-state index in [0.29, 0.717) is 0 Å². The van der Waals surface area contributed by atoms with E-state index in [1.165, 1.54) is 7.11 Å². The number of esters is 1. The van der Waals surface area contributed by atoms with E-state index in [2.05, 4.69) is 10.6 Å². The van der Waals surface area contributed by atoms with Crippen molar-refractivity contribution in [3.05, 3.63) is 29.3 Å². The molecule has 1 amide bonds. The highest BCUT2D eigenvalue weighted by Crippen LogP contribution is 2.27. The van der Waals surface area contributed by atoms with E-state index >= 15 is 0 Å². The molecule has 1 aliphatic rings. The zero-order valence-corrected chi connectivity index (χ0v) is 13.6. The summed E-state index contributed by atoms with van der Waals surface area (Å²) in [4.78, 5) is 34.2. The Morgan fingerprint density at radius 2 is 2.12 bits per heavy atom. The lowest BCUT2D eigenvalue weighted by Gasteiger charge is -2.22. The standard InChI is InChI=1S/C17H22N2O5/c1-24-17(23)10-14(19-15(20)6-7-16(21)22)12-4-5-13-11(9-12)3-2-8-18-13/h4-5,9,14,18H,2-3,6-8,10H2,1H3,(H,19,20)(H,21,22)/t14-/m1/s1. The summed E-state index contributed by atoms with van der Waals surface area (Å²) in [6.45, 7) is 0.934. The maximum Gasteiger partial charge on any atom is 0.307 e. The number of aliphatic carboxylic acids is 1. The highest BCUT2D eigenvalue weighted by molar-refractivity contribution is 5.81. The van der Waals surface area contributed by atoms with Crippen molar-refractivity contribution in [3.8, 4) is 0 Å². The van der Waals surface area contributed by atoms with Gasteiger partial charge < -0.3 is 20.5 Å². The van der Waals surface area contributed by atoms with Crippen LogP contribution in [0.4, 0.5) is 5.69 Å². The molecule has 0 bridgehead atoms. The lowest BCUT2D eigenvalue weighted by Crippen LogP contribution is -2.31. The van der Waals surface area contributed by atoms with E-state index in [1.54, 1.807) is 0 Å². The number of carboxylic acids is 1. The molecule has 130 valence electrons. The van der Waals surface area contributed by atoms with E-state index < -0.39 is 23.9 Å². The zero-order chi connectivity index (χ0) is 17.5. The number of anilines is 1. The van der Waals surface area contributed by atoms with Gasteiger partial charge >= 0.3 is 11.9 Å². The van der Waals surface area contributed by atoms with Crippen molar-refractivity contribution >= 4 is 23.5 Å². The monoisotopic (exact) mass is 334 g/mol. The molecule has 1 aromatic rings. The molecule has 7 heteroatoms. The molecule has 0 saturated carbocycles. The van der Waals surface area contributed by atoms with Crippen LogP contribution in [0.1, 0.15) is 42.9 Å². The summed E-state index contributed by atoms with van der Waals surface area (Å²) >= 11 is 0. The molecule has 0 aliphatic carbocycles. The summed E-state index contributed by atoms with van der Waals surface area (Å²) in [7, 11) is 1.29. The SMILES string of the molecule is COC(=O)C[C@@H](NC(=O)CCC(=O)O)c1ccc2c(c1)CCCN2. The van der Waals surface area contributed by atoms with Gasteiger partial charge in [0.2, 0.25) is 5.91 Å². The zero-order valence-electron chi connectivity index (χ0n) is 13.6. The highest BCUT2D eigenvalue weighted by Gasteiger charge is 2.21. The molecule has 0 fully saturated rings. The van der Waals surface area contributed by atoms with Gasteiger partial charge in [-0.15, -0.1) is 0 Å². The second kappa shape index (κ2) is 8.33. The van der Waals surface area contributed by atoms with Crippen LogP contribution in [0.3, 0.4) is 0 Å². The fourth-order valence-electron chi connectivity index (χ4n) is 2.70. The summed E-state index contributed by atoms with van der Waals surface area (Å²) in [5.41, 5.74) is 3.03. The van der Waals surface area contributed by atoms with Gasteiger partial charge in [-0.1, -0.05) is 12.1 Å². The molecule has 1 atom stereocenters. The smallest absolute Gasteiger partial charge is 0.307 e. The van der Waals surface area contributed by atoms with Gasteiger partial charge in [-0.25, -0.2) is 0 Å². The molecule has 1 aliphatic heterocycles. The Morgan fingerprint density at radius 1 is 1.33 bits per heavy atom. The Labute approximate surface area is 140 Å². The summed E-state index contributed by atoms with van der Waals surface area (Å²) in [5, 5.41) is 14.7. The van der Waals surface area contributed by atoms with Gasteiger partial charge in [-0.3, -0.25) is 14.4 Å². The van der Waals surface area contributed by atoms with E-state index in [1.807, 2.05) is 18.2 Å². The molecule has 1 aromatic carbocycles. The fourth-order valence-corrected chi connectivity index (χ4v) is 2.70. The quantitative estimate of drug-likeness (QED) is 0.655. The van der Waals surface area contributed by atoms with Crippen LogP contribution in [0, 0.1) is 0 Å². The molecule has 0 radical (unpaired) electrons. The predicted molar refractivity (Wildman–Crippen MR) is 87.6 cm³/mol. The number of methoxy groups -OCH3 is 1. The normalized spacial score (nSPS) is 14.0. The molecule has 24 heavy (non-hydrogen) atoms. The topological polar surface area (TPSA) is 105 Å². The summed E-state index contributed by atoms with van der Waals surface area (Å²) in [5.74, 6) is -1.87. The Kier molecular flexibility index (Phi) is 6.17. The second-order valence-corrected chi connectivity index (χ2v) is 5.74. The third-order valence-corrected chi connectivity index (χ3v) is 3.97. The lowest BCUT2D eigenvalue weighted by molar-refractivity contribution is -0.142. The van der Waals surface area contributed by atoms with Crippen LogP contribution in [-0.4, -0.2) is 36.6 Å². The largest absolute Gasteiger partial charge is 0.481 e. The number of amides is 1. The molecule has 0 unspecified atom stereocenters. The van der Waals surface area contributed by atoms with Crippen LogP contribution in [0.25, 0.3) is 0 Å². The minimum absolute atomic E-state index is 0.00151. The van der Waals surface area contributed by atoms with Gasteiger partial charge in [0.25, 0.3) is 0 Å². The molecular weight excluding hydrogens is 312 g/mol. The number of carbonyl (C=O) groups excluding carboxylic acids is 2. The molecule has 3 N–H and O–H groups in total. The van der Waals surface area contributed by atoms with E-state index in [4.69, 9.17) is 9.84 Å². The first-order valence-corrected chi connectivity index (χ1v) is 7.94. The first-order valence-electron chi connectivity index (χ1n) is 7.94. The molecule has 7 nitrogen and oxygen atoms in total. The van der Waals surface area contributed by atoms with Crippen LogP contribution in [0.15, 0.2) is 18.2 Å². The van der Waals surface area contributed by atoms with Gasteiger partial charge in [-0.2, -0.15) is 0 Å². The van der Waals surface area contributed by atoms with Crippen molar-refractivity contribution in [1.82, 2.24) is 5.32 Å². The maximum atomic E-state index is 12.0. The number of benzene rings is 1. The first kappa shape index (κ1) is 17.8.